The molecule has 2 aromatic carbocycles. The predicted octanol–water partition coefficient (Wildman–Crippen LogP) is 3.09. The number of para-hydroxylation sites is 1. The van der Waals surface area contributed by atoms with Gasteiger partial charge in [0.15, 0.2) is 5.65 Å². The van der Waals surface area contributed by atoms with Gasteiger partial charge in [-0.3, -0.25) is 9.36 Å². The van der Waals surface area contributed by atoms with Gasteiger partial charge in [-0.05, 0) is 43.3 Å². The standard InChI is InChI=1S/C23H20N6O4/c1-3-32-19-7-5-4-6-17(19)21-26-20(33-27-21)13-28-14-24-22-18(23(28)30)12-25-29(22)15-8-10-16(31-2)11-9-15/h4-12,14H,3,13H2,1-2H3. The lowest BCUT2D eigenvalue weighted by molar-refractivity contribution is 0.340. The maximum Gasteiger partial charge on any atom is 0.264 e. The topological polar surface area (TPSA) is 110 Å². The molecule has 0 radical (unpaired) electrons. The van der Waals surface area contributed by atoms with Crippen LogP contribution >= 0.6 is 0 Å². The average Bonchev–Trinajstić information content (AvgIpc) is 3.49. The fraction of sp³-hybridized carbons (Fsp3) is 0.174. The summed E-state index contributed by atoms with van der Waals surface area (Å²) in [7, 11) is 1.60. The monoisotopic (exact) mass is 444 g/mol. The second kappa shape index (κ2) is 8.58. The summed E-state index contributed by atoms with van der Waals surface area (Å²) >= 11 is 0. The molecule has 0 spiro atoms. The fourth-order valence-corrected chi connectivity index (χ4v) is 3.48. The van der Waals surface area contributed by atoms with Crippen molar-refractivity contribution in [1.82, 2.24) is 29.5 Å². The molecular formula is C23H20N6O4. The maximum absolute atomic E-state index is 13.0. The summed E-state index contributed by atoms with van der Waals surface area (Å²) in [6.45, 7) is 2.51. The quantitative estimate of drug-likeness (QED) is 0.377. The number of ether oxygens (including phenoxy) is 2. The summed E-state index contributed by atoms with van der Waals surface area (Å²) in [6, 6.07) is 14.8. The molecule has 0 amide bonds. The van der Waals surface area contributed by atoms with Crippen LogP contribution in [0.25, 0.3) is 28.1 Å². The Morgan fingerprint density at radius 3 is 2.70 bits per heavy atom. The van der Waals surface area contributed by atoms with Gasteiger partial charge >= 0.3 is 0 Å². The highest BCUT2D eigenvalue weighted by molar-refractivity contribution is 5.75. The smallest absolute Gasteiger partial charge is 0.264 e. The highest BCUT2D eigenvalue weighted by Gasteiger charge is 2.16. The Morgan fingerprint density at radius 2 is 1.91 bits per heavy atom. The Morgan fingerprint density at radius 1 is 1.09 bits per heavy atom. The van der Waals surface area contributed by atoms with E-state index < -0.39 is 0 Å². The molecule has 0 aliphatic rings. The van der Waals surface area contributed by atoms with Crippen LogP contribution in [-0.4, -0.2) is 43.2 Å². The zero-order valence-corrected chi connectivity index (χ0v) is 18.0. The number of benzene rings is 2. The molecule has 33 heavy (non-hydrogen) atoms. The van der Waals surface area contributed by atoms with E-state index in [0.29, 0.717) is 29.2 Å². The van der Waals surface area contributed by atoms with Crippen molar-refractivity contribution in [2.75, 3.05) is 13.7 Å². The minimum Gasteiger partial charge on any atom is -0.497 e. The number of methoxy groups -OCH3 is 1. The third-order valence-corrected chi connectivity index (χ3v) is 5.07. The summed E-state index contributed by atoms with van der Waals surface area (Å²) in [4.78, 5) is 21.9. The Balaban J connectivity index is 1.44. The van der Waals surface area contributed by atoms with Gasteiger partial charge < -0.3 is 14.0 Å². The van der Waals surface area contributed by atoms with Gasteiger partial charge in [0, 0.05) is 0 Å². The molecular weight excluding hydrogens is 424 g/mol. The molecule has 0 fully saturated rings. The van der Waals surface area contributed by atoms with Crippen LogP contribution in [0.15, 0.2) is 70.4 Å². The third-order valence-electron chi connectivity index (χ3n) is 5.07. The van der Waals surface area contributed by atoms with E-state index in [1.807, 2.05) is 55.5 Å². The Kier molecular flexibility index (Phi) is 5.31. The van der Waals surface area contributed by atoms with Gasteiger partial charge in [-0.2, -0.15) is 10.1 Å². The van der Waals surface area contributed by atoms with Gasteiger partial charge in [0.25, 0.3) is 5.56 Å². The van der Waals surface area contributed by atoms with Crippen LogP contribution in [0.2, 0.25) is 0 Å². The van der Waals surface area contributed by atoms with Gasteiger partial charge in [-0.1, -0.05) is 17.3 Å². The predicted molar refractivity (Wildman–Crippen MR) is 120 cm³/mol. The molecule has 0 bridgehead atoms. The fourth-order valence-electron chi connectivity index (χ4n) is 3.48. The number of hydrogen-bond acceptors (Lipinski definition) is 8. The number of hydrogen-bond donors (Lipinski definition) is 0. The van der Waals surface area contributed by atoms with Gasteiger partial charge in [0.2, 0.25) is 11.7 Å². The van der Waals surface area contributed by atoms with E-state index in [0.717, 1.165) is 17.0 Å². The summed E-state index contributed by atoms with van der Waals surface area (Å²) in [5.41, 5.74) is 1.69. The zero-order chi connectivity index (χ0) is 22.8. The van der Waals surface area contributed by atoms with Gasteiger partial charge in [-0.15, -0.1) is 0 Å². The van der Waals surface area contributed by atoms with Gasteiger partial charge in [0.1, 0.15) is 29.8 Å². The Bertz CT molecular complexity index is 1470. The van der Waals surface area contributed by atoms with Crippen LogP contribution in [0.5, 0.6) is 11.5 Å². The highest BCUT2D eigenvalue weighted by Crippen LogP contribution is 2.27. The van der Waals surface area contributed by atoms with E-state index in [2.05, 4.69) is 20.2 Å². The van der Waals surface area contributed by atoms with E-state index >= 15 is 0 Å². The summed E-state index contributed by atoms with van der Waals surface area (Å²) in [5.74, 6) is 2.07. The molecule has 0 aliphatic heterocycles. The van der Waals surface area contributed by atoms with Crippen molar-refractivity contribution in [2.45, 2.75) is 13.5 Å². The molecule has 0 atom stereocenters. The van der Waals surface area contributed by atoms with Crippen LogP contribution in [0.3, 0.4) is 0 Å². The number of aromatic nitrogens is 6. The molecule has 5 rings (SSSR count). The minimum absolute atomic E-state index is 0.0826. The van der Waals surface area contributed by atoms with Crippen LogP contribution < -0.4 is 15.0 Å². The molecule has 0 saturated carbocycles. The first kappa shape index (κ1) is 20.4. The number of fused-ring (bicyclic) bond motifs is 1. The van der Waals surface area contributed by atoms with Gasteiger partial charge in [-0.25, -0.2) is 9.67 Å². The first-order chi connectivity index (χ1) is 16.2. The average molecular weight is 444 g/mol. The number of nitrogens with zero attached hydrogens (tertiary/aromatic N) is 6. The Labute approximate surface area is 188 Å². The van der Waals surface area contributed by atoms with Gasteiger partial charge in [0.05, 0.1) is 31.2 Å². The summed E-state index contributed by atoms with van der Waals surface area (Å²) < 4.78 is 19.2. The van der Waals surface area contributed by atoms with E-state index in [1.165, 1.54) is 17.1 Å². The second-order valence-electron chi connectivity index (χ2n) is 7.11. The van der Waals surface area contributed by atoms with Crippen molar-refractivity contribution in [3.8, 4) is 28.6 Å². The largest absolute Gasteiger partial charge is 0.497 e. The van der Waals surface area contributed by atoms with Crippen molar-refractivity contribution in [3.63, 3.8) is 0 Å². The lowest BCUT2D eigenvalue weighted by Crippen LogP contribution is -2.21. The van der Waals surface area contributed by atoms with Crippen molar-refractivity contribution < 1.29 is 14.0 Å². The Hall–Kier alpha value is -4.47. The van der Waals surface area contributed by atoms with Crippen molar-refractivity contribution in [1.29, 1.82) is 0 Å². The molecule has 0 saturated heterocycles. The molecule has 10 heteroatoms. The first-order valence-corrected chi connectivity index (χ1v) is 10.3. The maximum atomic E-state index is 13.0. The van der Waals surface area contributed by atoms with E-state index in [4.69, 9.17) is 14.0 Å². The van der Waals surface area contributed by atoms with Crippen LogP contribution in [-0.2, 0) is 6.54 Å². The SMILES string of the molecule is CCOc1ccccc1-c1noc(Cn2cnc3c(cnn3-c3ccc(OC)cc3)c2=O)n1. The van der Waals surface area contributed by atoms with E-state index in [9.17, 15) is 4.79 Å². The van der Waals surface area contributed by atoms with Crippen molar-refractivity contribution in [3.05, 3.63) is 77.3 Å². The molecule has 166 valence electrons. The van der Waals surface area contributed by atoms with Crippen LogP contribution in [0.4, 0.5) is 0 Å². The zero-order valence-electron chi connectivity index (χ0n) is 18.0. The second-order valence-corrected chi connectivity index (χ2v) is 7.11. The summed E-state index contributed by atoms with van der Waals surface area (Å²) in [6.07, 6.45) is 2.95. The first-order valence-electron chi connectivity index (χ1n) is 10.3. The molecule has 0 aliphatic carbocycles. The van der Waals surface area contributed by atoms with Crippen molar-refractivity contribution >= 4 is 11.0 Å². The summed E-state index contributed by atoms with van der Waals surface area (Å²) in [5, 5.41) is 8.77. The van der Waals surface area contributed by atoms with Crippen LogP contribution in [0, 0.1) is 0 Å². The molecule has 3 heterocycles. The molecule has 5 aromatic rings. The normalized spacial score (nSPS) is 11.1. The molecule has 10 nitrogen and oxygen atoms in total. The van der Waals surface area contributed by atoms with E-state index in [-0.39, 0.29) is 18.0 Å². The molecule has 3 aromatic heterocycles. The van der Waals surface area contributed by atoms with Crippen molar-refractivity contribution in [2.24, 2.45) is 0 Å². The minimum atomic E-state index is -0.255. The number of rotatable bonds is 7. The lowest BCUT2D eigenvalue weighted by Gasteiger charge is -2.06. The third kappa shape index (κ3) is 3.82. The highest BCUT2D eigenvalue weighted by atomic mass is 16.5. The van der Waals surface area contributed by atoms with E-state index in [1.54, 1.807) is 11.8 Å². The lowest BCUT2D eigenvalue weighted by atomic mass is 10.2. The van der Waals surface area contributed by atoms with Crippen LogP contribution in [0.1, 0.15) is 12.8 Å². The molecule has 0 N–H and O–H groups in total. The molecule has 0 unspecified atom stereocenters.